The van der Waals surface area contributed by atoms with Crippen LogP contribution in [0.3, 0.4) is 0 Å². The summed E-state index contributed by atoms with van der Waals surface area (Å²) in [5.41, 5.74) is 0. The van der Waals surface area contributed by atoms with Gasteiger partial charge < -0.3 is 4.74 Å². The zero-order chi connectivity index (χ0) is 14.5. The lowest BCUT2D eigenvalue weighted by molar-refractivity contribution is 0.303. The van der Waals surface area contributed by atoms with Crippen molar-refractivity contribution in [3.05, 3.63) is 22.4 Å². The van der Waals surface area contributed by atoms with Gasteiger partial charge in [0.05, 0.1) is 17.1 Å². The Bertz CT molecular complexity index is 599. The van der Waals surface area contributed by atoms with Gasteiger partial charge in [0.1, 0.15) is 16.5 Å². The Morgan fingerprint density at radius 2 is 2.11 bits per heavy atom. The van der Waals surface area contributed by atoms with Gasteiger partial charge in [-0.2, -0.15) is 5.26 Å². The van der Waals surface area contributed by atoms with Crippen molar-refractivity contribution in [2.24, 2.45) is 5.14 Å². The lowest BCUT2D eigenvalue weighted by atomic mass is 10.2. The third-order valence-corrected chi connectivity index (χ3v) is 3.78. The minimum Gasteiger partial charge on any atom is -0.492 e. The number of nitrogens with zero attached hydrogens (tertiary/aromatic N) is 1. The van der Waals surface area contributed by atoms with E-state index in [1.54, 1.807) is 0 Å². The minimum absolute atomic E-state index is 0.196. The SMILES string of the molecule is N#CCCCCOc1cc(F)c(S(N)(=O)=O)cc1Br. The maximum absolute atomic E-state index is 13.6. The van der Waals surface area contributed by atoms with Crippen LogP contribution in [0.4, 0.5) is 4.39 Å². The molecule has 0 unspecified atom stereocenters. The molecule has 0 saturated heterocycles. The molecule has 0 aliphatic heterocycles. The smallest absolute Gasteiger partial charge is 0.241 e. The maximum Gasteiger partial charge on any atom is 0.241 e. The number of hydrogen-bond donors (Lipinski definition) is 1. The highest BCUT2D eigenvalue weighted by Crippen LogP contribution is 2.30. The van der Waals surface area contributed by atoms with Crippen molar-refractivity contribution in [1.29, 1.82) is 5.26 Å². The molecule has 1 aromatic rings. The molecule has 0 fully saturated rings. The van der Waals surface area contributed by atoms with Gasteiger partial charge >= 0.3 is 0 Å². The second-order valence-electron chi connectivity index (χ2n) is 3.72. The zero-order valence-corrected chi connectivity index (χ0v) is 12.3. The molecule has 0 aliphatic carbocycles. The summed E-state index contributed by atoms with van der Waals surface area (Å²) in [4.78, 5) is -0.587. The van der Waals surface area contributed by atoms with Crippen LogP contribution in [-0.2, 0) is 10.0 Å². The van der Waals surface area contributed by atoms with Gasteiger partial charge in [0, 0.05) is 12.5 Å². The lowest BCUT2D eigenvalue weighted by Gasteiger charge is -2.09. The largest absolute Gasteiger partial charge is 0.492 e. The van der Waals surface area contributed by atoms with Crippen LogP contribution in [0.15, 0.2) is 21.5 Å². The molecule has 0 aliphatic rings. The molecule has 1 rings (SSSR count). The van der Waals surface area contributed by atoms with Gasteiger partial charge in [-0.1, -0.05) is 0 Å². The Hall–Kier alpha value is -1.17. The molecular weight excluding hydrogens is 339 g/mol. The monoisotopic (exact) mass is 350 g/mol. The van der Waals surface area contributed by atoms with Gasteiger partial charge in [-0.3, -0.25) is 0 Å². The summed E-state index contributed by atoms with van der Waals surface area (Å²) in [5.74, 6) is -0.764. The van der Waals surface area contributed by atoms with Crippen LogP contribution in [0.1, 0.15) is 19.3 Å². The number of hydrogen-bond acceptors (Lipinski definition) is 4. The summed E-state index contributed by atoms with van der Waals surface area (Å²) < 4.78 is 41.3. The Balaban J connectivity index is 2.77. The maximum atomic E-state index is 13.6. The highest BCUT2D eigenvalue weighted by Gasteiger charge is 2.17. The van der Waals surface area contributed by atoms with Gasteiger partial charge in [-0.05, 0) is 34.8 Å². The molecule has 0 spiro atoms. The molecule has 104 valence electrons. The molecule has 8 heteroatoms. The highest BCUT2D eigenvalue weighted by atomic mass is 79.9. The normalized spacial score (nSPS) is 11.1. The van der Waals surface area contributed by atoms with E-state index in [4.69, 9.17) is 15.1 Å². The fourth-order valence-electron chi connectivity index (χ4n) is 1.33. The van der Waals surface area contributed by atoms with E-state index in [0.29, 0.717) is 30.3 Å². The van der Waals surface area contributed by atoms with E-state index in [9.17, 15) is 12.8 Å². The van der Waals surface area contributed by atoms with Gasteiger partial charge in [-0.25, -0.2) is 17.9 Å². The Morgan fingerprint density at radius 3 is 2.68 bits per heavy atom. The third-order valence-electron chi connectivity index (χ3n) is 2.23. The van der Waals surface area contributed by atoms with Gasteiger partial charge in [0.15, 0.2) is 0 Å². The van der Waals surface area contributed by atoms with E-state index >= 15 is 0 Å². The quantitative estimate of drug-likeness (QED) is 0.796. The summed E-state index contributed by atoms with van der Waals surface area (Å²) in [6, 6.07) is 4.04. The Kier molecular flexibility index (Phi) is 5.72. The summed E-state index contributed by atoms with van der Waals surface area (Å²) in [6.45, 7) is 0.314. The molecule has 0 radical (unpaired) electrons. The van der Waals surface area contributed by atoms with Crippen molar-refractivity contribution in [3.63, 3.8) is 0 Å². The average molecular weight is 351 g/mol. The van der Waals surface area contributed by atoms with Crippen LogP contribution in [0, 0.1) is 17.1 Å². The summed E-state index contributed by atoms with van der Waals surface area (Å²) in [5, 5.41) is 13.2. The first-order chi connectivity index (χ1) is 8.86. The second-order valence-corrected chi connectivity index (χ2v) is 6.11. The van der Waals surface area contributed by atoms with E-state index in [2.05, 4.69) is 15.9 Å². The number of nitrogens with two attached hydrogens (primary N) is 1. The number of primary sulfonamides is 1. The third kappa shape index (κ3) is 4.78. The van der Waals surface area contributed by atoms with Gasteiger partial charge in [0.2, 0.25) is 10.0 Å². The minimum atomic E-state index is -4.10. The predicted molar refractivity (Wildman–Crippen MR) is 70.4 cm³/mol. The number of sulfonamides is 1. The molecular formula is C11H12BrFN2O3S. The summed E-state index contributed by atoms with van der Waals surface area (Å²) in [7, 11) is -4.10. The van der Waals surface area contributed by atoms with Crippen LogP contribution in [0.5, 0.6) is 5.75 Å². The molecule has 0 amide bonds. The number of benzene rings is 1. The summed E-state index contributed by atoms with van der Waals surface area (Å²) >= 11 is 3.09. The lowest BCUT2D eigenvalue weighted by Crippen LogP contribution is -2.14. The van der Waals surface area contributed by atoms with Crippen LogP contribution in [0.2, 0.25) is 0 Å². The Morgan fingerprint density at radius 1 is 1.42 bits per heavy atom. The zero-order valence-electron chi connectivity index (χ0n) is 9.90. The van der Waals surface area contributed by atoms with Crippen LogP contribution in [0.25, 0.3) is 0 Å². The van der Waals surface area contributed by atoms with Crippen LogP contribution >= 0.6 is 15.9 Å². The van der Waals surface area contributed by atoms with E-state index < -0.39 is 20.7 Å². The van der Waals surface area contributed by atoms with E-state index in [-0.39, 0.29) is 5.75 Å². The van der Waals surface area contributed by atoms with Crippen molar-refractivity contribution in [2.45, 2.75) is 24.2 Å². The number of ether oxygens (including phenoxy) is 1. The molecule has 1 aromatic carbocycles. The van der Waals surface area contributed by atoms with Crippen molar-refractivity contribution in [1.82, 2.24) is 0 Å². The van der Waals surface area contributed by atoms with Gasteiger partial charge in [0.25, 0.3) is 0 Å². The molecule has 0 heterocycles. The predicted octanol–water partition coefficient (Wildman–Crippen LogP) is 2.31. The average Bonchev–Trinajstić information content (AvgIpc) is 2.31. The fraction of sp³-hybridized carbons (Fsp3) is 0.364. The number of halogens is 2. The second kappa shape index (κ2) is 6.84. The van der Waals surface area contributed by atoms with Crippen molar-refractivity contribution in [2.75, 3.05) is 6.61 Å². The standard InChI is InChI=1S/C11H12BrFN2O3S/c12-8-6-11(19(15,16)17)9(13)7-10(8)18-5-3-1-2-4-14/h6-7H,1-3,5H2,(H2,15,16,17). The molecule has 5 nitrogen and oxygen atoms in total. The molecule has 19 heavy (non-hydrogen) atoms. The first-order valence-corrected chi connectivity index (χ1v) is 7.72. The van der Waals surface area contributed by atoms with E-state index in [1.807, 2.05) is 6.07 Å². The highest BCUT2D eigenvalue weighted by molar-refractivity contribution is 9.10. The first kappa shape index (κ1) is 15.9. The van der Waals surface area contributed by atoms with Crippen molar-refractivity contribution < 1.29 is 17.5 Å². The van der Waals surface area contributed by atoms with Crippen molar-refractivity contribution in [3.8, 4) is 11.8 Å². The van der Waals surface area contributed by atoms with E-state index in [1.165, 1.54) is 0 Å². The number of nitriles is 1. The molecule has 0 aromatic heterocycles. The topological polar surface area (TPSA) is 93.2 Å². The summed E-state index contributed by atoms with van der Waals surface area (Å²) in [6.07, 6.45) is 1.77. The van der Waals surface area contributed by atoms with Crippen LogP contribution in [-0.4, -0.2) is 15.0 Å². The fourth-order valence-corrected chi connectivity index (χ4v) is 2.55. The number of rotatable bonds is 6. The molecule has 0 saturated carbocycles. The Labute approximate surface area is 119 Å². The molecule has 2 N–H and O–H groups in total. The molecule has 0 bridgehead atoms. The van der Waals surface area contributed by atoms with E-state index in [0.717, 1.165) is 12.1 Å². The first-order valence-electron chi connectivity index (χ1n) is 5.38. The number of unbranched alkanes of at least 4 members (excludes halogenated alkanes) is 2. The van der Waals surface area contributed by atoms with Crippen LogP contribution < -0.4 is 9.88 Å². The molecule has 0 atom stereocenters. The van der Waals surface area contributed by atoms with Gasteiger partial charge in [-0.15, -0.1) is 0 Å². The van der Waals surface area contributed by atoms with Crippen molar-refractivity contribution >= 4 is 26.0 Å².